The summed E-state index contributed by atoms with van der Waals surface area (Å²) in [4.78, 5) is 1.60. The Morgan fingerprint density at radius 2 is 2.20 bits per heavy atom. The maximum atomic E-state index is 12.7. The molecule has 130 valence electrons. The maximum absolute atomic E-state index is 12.7. The van der Waals surface area contributed by atoms with Crippen LogP contribution in [0.4, 0.5) is 5.69 Å². The van der Waals surface area contributed by atoms with E-state index < -0.39 is 10.2 Å². The highest BCUT2D eigenvalue weighted by atomic mass is 32.2. The lowest BCUT2D eigenvalue weighted by Gasteiger charge is -2.33. The largest absolute Gasteiger partial charge is 0.309 e. The molecule has 9 heteroatoms. The van der Waals surface area contributed by atoms with E-state index in [4.69, 9.17) is 5.26 Å². The predicted octanol–water partition coefficient (Wildman–Crippen LogP) is 1.11. The minimum atomic E-state index is -3.62. The van der Waals surface area contributed by atoms with Crippen LogP contribution in [0, 0.1) is 11.5 Å². The highest BCUT2D eigenvalue weighted by Gasteiger charge is 2.38. The van der Waals surface area contributed by atoms with Gasteiger partial charge in [0.15, 0.2) is 6.19 Å². The number of nitrogens with zero attached hydrogens (tertiary/aromatic N) is 5. The Hall–Kier alpha value is -2.57. The van der Waals surface area contributed by atoms with Crippen molar-refractivity contribution in [2.24, 2.45) is 7.05 Å². The van der Waals surface area contributed by atoms with Gasteiger partial charge in [-0.15, -0.1) is 0 Å². The Labute approximate surface area is 146 Å². The normalized spacial score (nSPS) is 22.2. The summed E-state index contributed by atoms with van der Waals surface area (Å²) in [5.41, 5.74) is 3.39. The summed E-state index contributed by atoms with van der Waals surface area (Å²) in [7, 11) is -1.78. The van der Waals surface area contributed by atoms with E-state index in [0.29, 0.717) is 31.7 Å². The second-order valence-corrected chi connectivity index (χ2v) is 8.04. The van der Waals surface area contributed by atoms with Gasteiger partial charge in [0.25, 0.3) is 0 Å². The van der Waals surface area contributed by atoms with E-state index in [9.17, 15) is 8.42 Å². The first-order valence-corrected chi connectivity index (χ1v) is 9.46. The van der Waals surface area contributed by atoms with Gasteiger partial charge in [-0.2, -0.15) is 23.1 Å². The van der Waals surface area contributed by atoms with E-state index in [1.165, 1.54) is 4.31 Å². The fourth-order valence-corrected chi connectivity index (χ4v) is 4.86. The fraction of sp³-hybridized carbons (Fsp3) is 0.375. The minimum Gasteiger partial charge on any atom is -0.309 e. The van der Waals surface area contributed by atoms with Gasteiger partial charge in [0, 0.05) is 44.5 Å². The van der Waals surface area contributed by atoms with E-state index in [2.05, 4.69) is 16.0 Å². The Kier molecular flexibility index (Phi) is 3.67. The Morgan fingerprint density at radius 1 is 1.36 bits per heavy atom. The van der Waals surface area contributed by atoms with Crippen LogP contribution in [0.25, 0.3) is 11.1 Å². The summed E-state index contributed by atoms with van der Waals surface area (Å²) in [5, 5.41) is 13.1. The zero-order chi connectivity index (χ0) is 17.6. The predicted molar refractivity (Wildman–Crippen MR) is 92.3 cm³/mol. The van der Waals surface area contributed by atoms with Crippen LogP contribution in [0.15, 0.2) is 30.6 Å². The van der Waals surface area contributed by atoms with Crippen LogP contribution in [0.1, 0.15) is 12.0 Å². The molecule has 0 amide bonds. The maximum Gasteiger partial charge on any atom is 0.302 e. The van der Waals surface area contributed by atoms with E-state index >= 15 is 0 Å². The number of hydrogen-bond acceptors (Lipinski definition) is 5. The summed E-state index contributed by atoms with van der Waals surface area (Å²) in [5.74, 6) is 0. The molecule has 2 aliphatic rings. The van der Waals surface area contributed by atoms with E-state index in [-0.39, 0.29) is 6.04 Å². The molecule has 3 heterocycles. The molecule has 0 aliphatic carbocycles. The number of likely N-dealkylation sites (tertiary alicyclic amines) is 1. The molecule has 1 N–H and O–H groups in total. The molecule has 25 heavy (non-hydrogen) atoms. The molecule has 1 fully saturated rings. The standard InChI is InChI=1S/C16H18N6O2S/c1-20-8-14(7-18-20)12-2-3-13-9-22(15-4-5-21(10-15)11-17)25(23,24)19-16(13)6-12/h2-3,6-8,15,19H,4-5,9-10H2,1H3/t15-/m1/s1. The fourth-order valence-electron chi connectivity index (χ4n) is 3.40. The van der Waals surface area contributed by atoms with Crippen LogP contribution < -0.4 is 4.72 Å². The Balaban J connectivity index is 1.64. The molecule has 8 nitrogen and oxygen atoms in total. The number of hydrogen-bond donors (Lipinski definition) is 1. The highest BCUT2D eigenvalue weighted by Crippen LogP contribution is 2.33. The van der Waals surface area contributed by atoms with Crippen LogP contribution in [-0.2, 0) is 23.8 Å². The van der Waals surface area contributed by atoms with Gasteiger partial charge in [-0.1, -0.05) is 12.1 Å². The minimum absolute atomic E-state index is 0.178. The van der Waals surface area contributed by atoms with Crippen LogP contribution in [0.3, 0.4) is 0 Å². The molecular weight excluding hydrogens is 340 g/mol. The molecule has 0 bridgehead atoms. The summed E-state index contributed by atoms with van der Waals surface area (Å²) in [6, 6.07) is 5.59. The molecule has 2 aromatic rings. The first-order chi connectivity index (χ1) is 12.0. The quantitative estimate of drug-likeness (QED) is 0.812. The van der Waals surface area contributed by atoms with Crippen LogP contribution in [0.2, 0.25) is 0 Å². The summed E-state index contributed by atoms with van der Waals surface area (Å²) in [6.45, 7) is 1.36. The smallest absolute Gasteiger partial charge is 0.302 e. The lowest BCUT2D eigenvalue weighted by molar-refractivity contribution is 0.313. The number of aromatic nitrogens is 2. The van der Waals surface area contributed by atoms with Crippen molar-refractivity contribution >= 4 is 15.9 Å². The van der Waals surface area contributed by atoms with E-state index in [1.807, 2.05) is 31.4 Å². The van der Waals surface area contributed by atoms with E-state index in [0.717, 1.165) is 16.7 Å². The molecule has 0 saturated carbocycles. The summed E-state index contributed by atoms with van der Waals surface area (Å²) < 4.78 is 31.2. The summed E-state index contributed by atoms with van der Waals surface area (Å²) in [6.07, 6.45) is 6.39. The van der Waals surface area contributed by atoms with Crippen molar-refractivity contribution in [3.05, 3.63) is 36.2 Å². The first kappa shape index (κ1) is 15.9. The van der Waals surface area contributed by atoms with Gasteiger partial charge in [-0.3, -0.25) is 9.40 Å². The second kappa shape index (κ2) is 5.75. The molecular formula is C16H18N6O2S. The lowest BCUT2D eigenvalue weighted by Crippen LogP contribution is -2.46. The number of fused-ring (bicyclic) bond motifs is 1. The number of aryl methyl sites for hydroxylation is 1. The van der Waals surface area contributed by atoms with Crippen LogP contribution >= 0.6 is 0 Å². The molecule has 1 atom stereocenters. The molecule has 1 aromatic heterocycles. The van der Waals surface area contributed by atoms with Gasteiger partial charge < -0.3 is 4.90 Å². The van der Waals surface area contributed by atoms with Gasteiger partial charge in [-0.05, 0) is 23.6 Å². The molecule has 0 unspecified atom stereocenters. The van der Waals surface area contributed by atoms with Gasteiger partial charge in [-0.25, -0.2) is 0 Å². The van der Waals surface area contributed by atoms with Crippen molar-refractivity contribution in [3.63, 3.8) is 0 Å². The number of nitriles is 1. The zero-order valence-electron chi connectivity index (χ0n) is 13.8. The molecule has 0 radical (unpaired) electrons. The van der Waals surface area contributed by atoms with Crippen LogP contribution in [-0.4, -0.2) is 46.5 Å². The third-order valence-electron chi connectivity index (χ3n) is 4.73. The van der Waals surface area contributed by atoms with Gasteiger partial charge in [0.1, 0.15) is 0 Å². The van der Waals surface area contributed by atoms with Crippen molar-refractivity contribution in [1.29, 1.82) is 5.26 Å². The molecule has 4 rings (SSSR count). The van der Waals surface area contributed by atoms with Crippen molar-refractivity contribution in [1.82, 2.24) is 19.0 Å². The average molecular weight is 358 g/mol. The van der Waals surface area contributed by atoms with Gasteiger partial charge in [0.2, 0.25) is 0 Å². The average Bonchev–Trinajstić information content (AvgIpc) is 3.21. The van der Waals surface area contributed by atoms with Crippen molar-refractivity contribution in [2.45, 2.75) is 19.0 Å². The molecule has 1 aromatic carbocycles. The van der Waals surface area contributed by atoms with Gasteiger partial charge in [0.05, 0.1) is 11.9 Å². The first-order valence-electron chi connectivity index (χ1n) is 8.02. The summed E-state index contributed by atoms with van der Waals surface area (Å²) >= 11 is 0. The van der Waals surface area contributed by atoms with Crippen LogP contribution in [0.5, 0.6) is 0 Å². The second-order valence-electron chi connectivity index (χ2n) is 6.42. The lowest BCUT2D eigenvalue weighted by atomic mass is 10.0. The third kappa shape index (κ3) is 2.83. The third-order valence-corrected chi connectivity index (χ3v) is 6.26. The van der Waals surface area contributed by atoms with Crippen molar-refractivity contribution in [3.8, 4) is 17.3 Å². The molecule has 0 spiro atoms. The topological polar surface area (TPSA) is 94.3 Å². The Morgan fingerprint density at radius 3 is 2.88 bits per heavy atom. The zero-order valence-corrected chi connectivity index (χ0v) is 14.6. The number of nitrogens with one attached hydrogen (secondary N) is 1. The van der Waals surface area contributed by atoms with Crippen molar-refractivity contribution < 1.29 is 8.42 Å². The monoisotopic (exact) mass is 358 g/mol. The highest BCUT2D eigenvalue weighted by molar-refractivity contribution is 7.90. The molecule has 1 saturated heterocycles. The number of rotatable bonds is 2. The number of benzene rings is 1. The molecule has 2 aliphatic heterocycles. The van der Waals surface area contributed by atoms with E-state index in [1.54, 1.807) is 15.8 Å². The number of anilines is 1. The van der Waals surface area contributed by atoms with Gasteiger partial charge >= 0.3 is 10.2 Å². The Bertz CT molecular complexity index is 961. The SMILES string of the molecule is Cn1cc(-c2ccc3c(c2)NS(=O)(=O)N([C@@H]2CCN(C#N)C2)C3)cn1. The van der Waals surface area contributed by atoms with Crippen molar-refractivity contribution in [2.75, 3.05) is 17.8 Å².